The lowest BCUT2D eigenvalue weighted by atomic mass is 10.1. The molecule has 0 aliphatic rings. The summed E-state index contributed by atoms with van der Waals surface area (Å²) in [6.45, 7) is 7.02. The van der Waals surface area contributed by atoms with Crippen LogP contribution in [0, 0.1) is 0 Å². The van der Waals surface area contributed by atoms with Gasteiger partial charge in [0.2, 0.25) is 5.88 Å². The van der Waals surface area contributed by atoms with Crippen molar-refractivity contribution in [3.8, 4) is 39.9 Å². The SMILES string of the molecule is CCOc1ccc(C(F)(F)F)cc1-n1cc(-c2ccc(OC(F)(F)F)cc2)c(Oc2ccc(C(=O)NCCC(=O)OC(C)(C)C)cc2)n1. The molecule has 4 aromatic rings. The molecule has 1 N–H and O–H groups in total. The smallest absolute Gasteiger partial charge is 0.492 e. The van der Waals surface area contributed by atoms with E-state index >= 15 is 0 Å². The minimum atomic E-state index is -4.92. The Morgan fingerprint density at radius 3 is 2.10 bits per heavy atom. The lowest BCUT2D eigenvalue weighted by molar-refractivity contribution is -0.274. The van der Waals surface area contributed by atoms with Gasteiger partial charge in [-0.05, 0) is 87.9 Å². The first-order chi connectivity index (χ1) is 22.4. The molecular weight excluding hydrogens is 648 g/mol. The van der Waals surface area contributed by atoms with Gasteiger partial charge in [0.1, 0.15) is 28.5 Å². The van der Waals surface area contributed by atoms with Crippen molar-refractivity contribution in [2.75, 3.05) is 13.2 Å². The maximum absolute atomic E-state index is 13.6. The Morgan fingerprint density at radius 2 is 1.52 bits per heavy atom. The largest absolute Gasteiger partial charge is 0.573 e. The number of carbonyl (C=O) groups is 2. The minimum Gasteiger partial charge on any atom is -0.492 e. The van der Waals surface area contributed by atoms with Crippen LogP contribution in [-0.4, -0.2) is 46.8 Å². The number of rotatable bonds is 11. The highest BCUT2D eigenvalue weighted by atomic mass is 19.4. The second-order valence-corrected chi connectivity index (χ2v) is 11.2. The number of halogens is 6. The summed E-state index contributed by atoms with van der Waals surface area (Å²) in [7, 11) is 0. The molecule has 0 atom stereocenters. The highest BCUT2D eigenvalue weighted by Crippen LogP contribution is 2.38. The third kappa shape index (κ3) is 9.89. The third-order valence-electron chi connectivity index (χ3n) is 6.28. The number of esters is 1. The summed E-state index contributed by atoms with van der Waals surface area (Å²) >= 11 is 0. The molecule has 9 nitrogen and oxygen atoms in total. The van der Waals surface area contributed by atoms with Crippen molar-refractivity contribution in [1.82, 2.24) is 15.1 Å². The molecule has 0 aliphatic carbocycles. The summed E-state index contributed by atoms with van der Waals surface area (Å²) in [4.78, 5) is 24.5. The molecule has 0 spiro atoms. The Morgan fingerprint density at radius 1 is 0.875 bits per heavy atom. The van der Waals surface area contributed by atoms with Crippen LogP contribution in [0.4, 0.5) is 26.3 Å². The van der Waals surface area contributed by atoms with Crippen LogP contribution in [0.2, 0.25) is 0 Å². The van der Waals surface area contributed by atoms with Gasteiger partial charge < -0.3 is 24.3 Å². The third-order valence-corrected chi connectivity index (χ3v) is 6.28. The maximum atomic E-state index is 13.6. The van der Waals surface area contributed by atoms with Gasteiger partial charge in [-0.25, -0.2) is 4.68 Å². The topological polar surface area (TPSA) is 101 Å². The fourth-order valence-electron chi connectivity index (χ4n) is 4.30. The minimum absolute atomic E-state index is 0.0319. The summed E-state index contributed by atoms with van der Waals surface area (Å²) < 4.78 is 101. The van der Waals surface area contributed by atoms with Crippen molar-refractivity contribution in [2.45, 2.75) is 52.3 Å². The first-order valence-electron chi connectivity index (χ1n) is 14.5. The van der Waals surface area contributed by atoms with E-state index in [0.29, 0.717) is 5.56 Å². The molecule has 1 heterocycles. The maximum Gasteiger partial charge on any atom is 0.573 e. The Bertz CT molecular complexity index is 1730. The summed E-state index contributed by atoms with van der Waals surface area (Å²) in [5.74, 6) is -1.28. The molecule has 48 heavy (non-hydrogen) atoms. The number of nitrogens with one attached hydrogen (secondary N) is 1. The highest BCUT2D eigenvalue weighted by molar-refractivity contribution is 5.94. The number of ether oxygens (including phenoxy) is 4. The quantitative estimate of drug-likeness (QED) is 0.126. The molecule has 4 rings (SSSR count). The molecule has 0 radical (unpaired) electrons. The van der Waals surface area contributed by atoms with E-state index in [4.69, 9.17) is 14.2 Å². The van der Waals surface area contributed by atoms with Crippen LogP contribution in [0.1, 0.15) is 50.0 Å². The van der Waals surface area contributed by atoms with Crippen LogP contribution >= 0.6 is 0 Å². The highest BCUT2D eigenvalue weighted by Gasteiger charge is 2.32. The van der Waals surface area contributed by atoms with Crippen molar-refractivity contribution in [1.29, 1.82) is 0 Å². The number of nitrogens with zero attached hydrogens (tertiary/aromatic N) is 2. The average Bonchev–Trinajstić information content (AvgIpc) is 3.39. The monoisotopic (exact) mass is 679 g/mol. The average molecular weight is 680 g/mol. The number of aromatic nitrogens is 2. The first kappa shape index (κ1) is 35.6. The molecule has 3 aromatic carbocycles. The van der Waals surface area contributed by atoms with Crippen molar-refractivity contribution >= 4 is 11.9 Å². The van der Waals surface area contributed by atoms with Crippen molar-refractivity contribution in [3.63, 3.8) is 0 Å². The van der Waals surface area contributed by atoms with Gasteiger partial charge in [-0.1, -0.05) is 12.1 Å². The van der Waals surface area contributed by atoms with E-state index in [1.165, 1.54) is 42.6 Å². The standard InChI is InChI=1S/C33H31F6N3O6/c1-5-45-27-15-10-22(32(34,35)36)18-26(27)42-19-25(20-6-13-24(14-7-20)47-33(37,38)39)30(41-42)46-23-11-8-21(9-12-23)29(44)40-17-16-28(43)48-31(2,3)4/h6-15,18-19H,5,16-17H2,1-4H3,(H,40,44). The Hall–Kier alpha value is -5.21. The number of alkyl halides is 6. The molecule has 1 amide bonds. The number of hydrogen-bond acceptors (Lipinski definition) is 7. The Balaban J connectivity index is 1.63. The van der Waals surface area contributed by atoms with Gasteiger partial charge in [0.05, 0.1) is 24.2 Å². The van der Waals surface area contributed by atoms with Crippen LogP contribution in [0.3, 0.4) is 0 Å². The lowest BCUT2D eigenvalue weighted by Gasteiger charge is -2.19. The van der Waals surface area contributed by atoms with Gasteiger partial charge in [-0.2, -0.15) is 13.2 Å². The fraction of sp³-hybridized carbons (Fsp3) is 0.303. The fourth-order valence-corrected chi connectivity index (χ4v) is 4.30. The van der Waals surface area contributed by atoms with Crippen LogP contribution < -0.4 is 19.5 Å². The van der Waals surface area contributed by atoms with Gasteiger partial charge in [0.25, 0.3) is 5.91 Å². The first-order valence-corrected chi connectivity index (χ1v) is 14.5. The number of benzene rings is 3. The molecule has 0 aliphatic heterocycles. The molecule has 1 aromatic heterocycles. The second-order valence-electron chi connectivity index (χ2n) is 11.2. The van der Waals surface area contributed by atoms with Crippen LogP contribution in [0.5, 0.6) is 23.1 Å². The van der Waals surface area contributed by atoms with Gasteiger partial charge in [-0.3, -0.25) is 9.59 Å². The zero-order valence-corrected chi connectivity index (χ0v) is 26.2. The van der Waals surface area contributed by atoms with Gasteiger partial charge >= 0.3 is 18.5 Å². The van der Waals surface area contributed by atoms with Crippen LogP contribution in [0.25, 0.3) is 16.8 Å². The molecular formula is C33H31F6N3O6. The molecule has 15 heteroatoms. The normalized spacial score (nSPS) is 12.0. The van der Waals surface area contributed by atoms with E-state index in [0.717, 1.165) is 35.0 Å². The predicted molar refractivity (Wildman–Crippen MR) is 161 cm³/mol. The zero-order chi connectivity index (χ0) is 35.3. The lowest BCUT2D eigenvalue weighted by Crippen LogP contribution is -2.29. The van der Waals surface area contributed by atoms with E-state index in [2.05, 4.69) is 15.2 Å². The van der Waals surface area contributed by atoms with Crippen molar-refractivity contribution in [2.24, 2.45) is 0 Å². The van der Waals surface area contributed by atoms with E-state index in [-0.39, 0.29) is 53.8 Å². The van der Waals surface area contributed by atoms with Gasteiger partial charge in [0.15, 0.2) is 0 Å². The predicted octanol–water partition coefficient (Wildman–Crippen LogP) is 8.11. The van der Waals surface area contributed by atoms with E-state index in [9.17, 15) is 35.9 Å². The number of hydrogen-bond donors (Lipinski definition) is 1. The van der Waals surface area contributed by atoms with Crippen LogP contribution in [0.15, 0.2) is 72.9 Å². The summed E-state index contributed by atoms with van der Waals surface area (Å²) in [6, 6.07) is 13.4. The van der Waals surface area contributed by atoms with Crippen molar-refractivity contribution in [3.05, 3.63) is 84.1 Å². The Labute approximate surface area is 271 Å². The summed E-state index contributed by atoms with van der Waals surface area (Å²) in [6.07, 6.45) is -8.27. The van der Waals surface area contributed by atoms with E-state index < -0.39 is 41.3 Å². The number of carbonyl (C=O) groups excluding carboxylic acids is 2. The van der Waals surface area contributed by atoms with Gasteiger partial charge in [-0.15, -0.1) is 18.3 Å². The van der Waals surface area contributed by atoms with Crippen LogP contribution in [-0.2, 0) is 15.7 Å². The molecule has 256 valence electrons. The molecule has 0 fully saturated rings. The van der Waals surface area contributed by atoms with Gasteiger partial charge in [0, 0.05) is 18.3 Å². The Kier molecular flexibility index (Phi) is 10.6. The second kappa shape index (κ2) is 14.3. The summed E-state index contributed by atoms with van der Waals surface area (Å²) in [5.41, 5.74) is -0.944. The van der Waals surface area contributed by atoms with E-state index in [1.54, 1.807) is 27.7 Å². The molecule has 0 unspecified atom stereocenters. The number of amides is 1. The molecule has 0 bridgehead atoms. The zero-order valence-electron chi connectivity index (χ0n) is 26.2. The van der Waals surface area contributed by atoms with E-state index in [1.807, 2.05) is 0 Å². The van der Waals surface area contributed by atoms with Crippen molar-refractivity contribution < 1.29 is 54.9 Å². The molecule has 0 saturated heterocycles. The summed E-state index contributed by atoms with van der Waals surface area (Å²) in [5, 5.41) is 6.97. The molecule has 0 saturated carbocycles.